The molecule has 0 atom stereocenters. The standard InChI is InChI=1S/C13H17BrN4O2S/c1-17(9-11-4-2-3-5-13(11)14)21(19,20)12-8-16-18(10-12)7-6-15/h2-5,8,10H,6-7,9,15H2,1H3. The summed E-state index contributed by atoms with van der Waals surface area (Å²) in [5.74, 6) is 0. The summed E-state index contributed by atoms with van der Waals surface area (Å²) in [7, 11) is -2.01. The molecule has 0 aliphatic heterocycles. The molecule has 0 aliphatic rings. The monoisotopic (exact) mass is 372 g/mol. The molecule has 0 spiro atoms. The molecule has 6 nitrogen and oxygen atoms in total. The molecule has 0 fully saturated rings. The molecule has 0 unspecified atom stereocenters. The SMILES string of the molecule is CN(Cc1ccccc1Br)S(=O)(=O)c1cnn(CCN)c1. The summed E-state index contributed by atoms with van der Waals surface area (Å²) in [4.78, 5) is 0.172. The summed E-state index contributed by atoms with van der Waals surface area (Å²) in [6, 6.07) is 7.53. The van der Waals surface area contributed by atoms with E-state index in [1.807, 2.05) is 24.3 Å². The van der Waals surface area contributed by atoms with Crippen molar-refractivity contribution in [2.45, 2.75) is 18.0 Å². The van der Waals surface area contributed by atoms with E-state index >= 15 is 0 Å². The molecule has 0 amide bonds. The number of rotatable bonds is 6. The molecule has 114 valence electrons. The predicted octanol–water partition coefficient (Wildman–Crippen LogP) is 1.43. The van der Waals surface area contributed by atoms with Crippen molar-refractivity contribution in [3.05, 3.63) is 46.7 Å². The first-order valence-electron chi connectivity index (χ1n) is 6.37. The van der Waals surface area contributed by atoms with Crippen molar-refractivity contribution in [2.24, 2.45) is 5.73 Å². The number of nitrogens with two attached hydrogens (primary N) is 1. The van der Waals surface area contributed by atoms with Gasteiger partial charge in [0.1, 0.15) is 4.90 Å². The van der Waals surface area contributed by atoms with Crippen LogP contribution in [0.2, 0.25) is 0 Å². The second-order valence-electron chi connectivity index (χ2n) is 4.58. The van der Waals surface area contributed by atoms with E-state index < -0.39 is 10.0 Å². The van der Waals surface area contributed by atoms with Gasteiger partial charge in [-0.15, -0.1) is 0 Å². The van der Waals surface area contributed by atoms with E-state index in [-0.39, 0.29) is 11.4 Å². The van der Waals surface area contributed by atoms with Crippen molar-refractivity contribution in [3.8, 4) is 0 Å². The van der Waals surface area contributed by atoms with E-state index in [0.29, 0.717) is 13.1 Å². The highest BCUT2D eigenvalue weighted by Gasteiger charge is 2.23. The number of benzene rings is 1. The van der Waals surface area contributed by atoms with Gasteiger partial charge in [-0.1, -0.05) is 34.1 Å². The van der Waals surface area contributed by atoms with Crippen molar-refractivity contribution >= 4 is 26.0 Å². The van der Waals surface area contributed by atoms with Crippen LogP contribution in [0, 0.1) is 0 Å². The highest BCUT2D eigenvalue weighted by Crippen LogP contribution is 2.21. The zero-order chi connectivity index (χ0) is 15.5. The maximum absolute atomic E-state index is 12.5. The Kier molecular flexibility index (Phi) is 5.15. The third kappa shape index (κ3) is 3.70. The van der Waals surface area contributed by atoms with Crippen LogP contribution in [-0.2, 0) is 23.1 Å². The molecular weight excluding hydrogens is 356 g/mol. The number of hydrogen-bond acceptors (Lipinski definition) is 4. The van der Waals surface area contributed by atoms with Crippen molar-refractivity contribution < 1.29 is 8.42 Å². The second-order valence-corrected chi connectivity index (χ2v) is 7.48. The van der Waals surface area contributed by atoms with Crippen molar-refractivity contribution in [3.63, 3.8) is 0 Å². The van der Waals surface area contributed by atoms with Gasteiger partial charge in [-0.25, -0.2) is 8.42 Å². The van der Waals surface area contributed by atoms with Crippen LogP contribution in [0.5, 0.6) is 0 Å². The van der Waals surface area contributed by atoms with Gasteiger partial charge >= 0.3 is 0 Å². The van der Waals surface area contributed by atoms with Crippen LogP contribution in [0.4, 0.5) is 0 Å². The van der Waals surface area contributed by atoms with Crippen LogP contribution in [-0.4, -0.2) is 36.1 Å². The minimum absolute atomic E-state index is 0.172. The van der Waals surface area contributed by atoms with Gasteiger partial charge in [-0.2, -0.15) is 9.40 Å². The van der Waals surface area contributed by atoms with Gasteiger partial charge in [0, 0.05) is 30.8 Å². The summed E-state index contributed by atoms with van der Waals surface area (Å²) >= 11 is 3.42. The van der Waals surface area contributed by atoms with E-state index in [9.17, 15) is 8.42 Å². The first-order valence-corrected chi connectivity index (χ1v) is 8.60. The highest BCUT2D eigenvalue weighted by molar-refractivity contribution is 9.10. The molecule has 21 heavy (non-hydrogen) atoms. The number of nitrogens with zero attached hydrogens (tertiary/aromatic N) is 3. The average Bonchev–Trinajstić information content (AvgIpc) is 2.91. The number of sulfonamides is 1. The van der Waals surface area contributed by atoms with E-state index in [0.717, 1.165) is 10.0 Å². The summed E-state index contributed by atoms with van der Waals surface area (Å²) in [6.07, 6.45) is 2.85. The normalized spacial score (nSPS) is 12.0. The molecule has 0 bridgehead atoms. The Hall–Kier alpha value is -1.22. The van der Waals surface area contributed by atoms with E-state index in [2.05, 4.69) is 21.0 Å². The maximum Gasteiger partial charge on any atom is 0.246 e. The van der Waals surface area contributed by atoms with Crippen LogP contribution < -0.4 is 5.73 Å². The number of hydrogen-bond donors (Lipinski definition) is 1. The first kappa shape index (κ1) is 16.2. The van der Waals surface area contributed by atoms with Crippen LogP contribution >= 0.6 is 15.9 Å². The van der Waals surface area contributed by atoms with Gasteiger partial charge in [0.15, 0.2) is 0 Å². The molecule has 1 aromatic carbocycles. The molecule has 1 aromatic heterocycles. The summed E-state index contributed by atoms with van der Waals surface area (Å²) in [6.45, 7) is 1.18. The smallest absolute Gasteiger partial charge is 0.246 e. The summed E-state index contributed by atoms with van der Waals surface area (Å²) in [5.41, 5.74) is 6.33. The fourth-order valence-electron chi connectivity index (χ4n) is 1.86. The lowest BCUT2D eigenvalue weighted by Crippen LogP contribution is -2.26. The van der Waals surface area contributed by atoms with E-state index in [1.54, 1.807) is 7.05 Å². The molecule has 2 rings (SSSR count). The lowest BCUT2D eigenvalue weighted by molar-refractivity contribution is 0.466. The highest BCUT2D eigenvalue weighted by atomic mass is 79.9. The van der Waals surface area contributed by atoms with Crippen molar-refractivity contribution in [2.75, 3.05) is 13.6 Å². The Morgan fingerprint density at radius 2 is 2.10 bits per heavy atom. The number of aromatic nitrogens is 2. The Morgan fingerprint density at radius 1 is 1.38 bits per heavy atom. The zero-order valence-electron chi connectivity index (χ0n) is 11.6. The molecule has 0 saturated carbocycles. The van der Waals surface area contributed by atoms with Gasteiger partial charge in [0.2, 0.25) is 10.0 Å². The van der Waals surface area contributed by atoms with Gasteiger partial charge in [0.25, 0.3) is 0 Å². The Bertz CT molecular complexity index is 714. The topological polar surface area (TPSA) is 81.2 Å². The fourth-order valence-corrected chi connectivity index (χ4v) is 3.38. The third-order valence-corrected chi connectivity index (χ3v) is 5.56. The Morgan fingerprint density at radius 3 is 2.76 bits per heavy atom. The first-order chi connectivity index (χ1) is 9.95. The summed E-state index contributed by atoms with van der Waals surface area (Å²) < 4.78 is 28.7. The molecule has 0 aliphatic carbocycles. The summed E-state index contributed by atoms with van der Waals surface area (Å²) in [5, 5.41) is 4.00. The van der Waals surface area contributed by atoms with E-state index in [4.69, 9.17) is 5.73 Å². The number of halogens is 1. The zero-order valence-corrected chi connectivity index (χ0v) is 14.0. The third-order valence-electron chi connectivity index (χ3n) is 3.03. The Labute approximate surface area is 132 Å². The fraction of sp³-hybridized carbons (Fsp3) is 0.308. The van der Waals surface area contributed by atoms with Gasteiger partial charge < -0.3 is 5.73 Å². The molecule has 1 heterocycles. The lowest BCUT2D eigenvalue weighted by atomic mass is 10.2. The van der Waals surface area contributed by atoms with Crippen LogP contribution in [0.3, 0.4) is 0 Å². The maximum atomic E-state index is 12.5. The molecule has 0 saturated heterocycles. The van der Waals surface area contributed by atoms with Gasteiger partial charge in [-0.3, -0.25) is 4.68 Å². The minimum atomic E-state index is -3.56. The largest absolute Gasteiger partial charge is 0.329 e. The molecule has 2 N–H and O–H groups in total. The van der Waals surface area contributed by atoms with E-state index in [1.165, 1.54) is 21.4 Å². The predicted molar refractivity (Wildman–Crippen MR) is 84.1 cm³/mol. The minimum Gasteiger partial charge on any atom is -0.329 e. The molecule has 8 heteroatoms. The van der Waals surface area contributed by atoms with Crippen LogP contribution in [0.1, 0.15) is 5.56 Å². The Balaban J connectivity index is 2.20. The van der Waals surface area contributed by atoms with Crippen molar-refractivity contribution in [1.29, 1.82) is 0 Å². The van der Waals surface area contributed by atoms with Gasteiger partial charge in [0.05, 0.1) is 12.7 Å². The second kappa shape index (κ2) is 6.69. The lowest BCUT2D eigenvalue weighted by Gasteiger charge is -2.16. The quantitative estimate of drug-likeness (QED) is 0.831. The van der Waals surface area contributed by atoms with Crippen LogP contribution in [0.15, 0.2) is 46.0 Å². The van der Waals surface area contributed by atoms with Gasteiger partial charge in [-0.05, 0) is 11.6 Å². The molecule has 0 radical (unpaired) electrons. The molecule has 2 aromatic rings. The average molecular weight is 373 g/mol. The van der Waals surface area contributed by atoms with Crippen molar-refractivity contribution in [1.82, 2.24) is 14.1 Å². The molecular formula is C13H17BrN4O2S. The van der Waals surface area contributed by atoms with Crippen LogP contribution in [0.25, 0.3) is 0 Å².